The van der Waals surface area contributed by atoms with Crippen molar-refractivity contribution in [3.05, 3.63) is 29.3 Å². The van der Waals surface area contributed by atoms with Gasteiger partial charge in [0.15, 0.2) is 11.0 Å². The van der Waals surface area contributed by atoms with Gasteiger partial charge in [0.2, 0.25) is 5.91 Å². The first kappa shape index (κ1) is 19.8. The van der Waals surface area contributed by atoms with E-state index in [1.807, 2.05) is 49.7 Å². The molecule has 2 rings (SSSR count). The third kappa shape index (κ3) is 6.34. The average molecular weight is 383 g/mol. The highest BCUT2D eigenvalue weighted by Crippen LogP contribution is 2.23. The van der Waals surface area contributed by atoms with Crippen LogP contribution in [0.2, 0.25) is 5.02 Å². The van der Waals surface area contributed by atoms with Crippen LogP contribution < -0.4 is 5.32 Å². The number of nitrogens with one attached hydrogen (secondary N) is 1. The van der Waals surface area contributed by atoms with Crippen molar-refractivity contribution in [3.63, 3.8) is 0 Å². The summed E-state index contributed by atoms with van der Waals surface area (Å²) in [5.41, 5.74) is 0.931. The minimum Gasteiger partial charge on any atom is -0.379 e. The van der Waals surface area contributed by atoms with Gasteiger partial charge in [-0.05, 0) is 44.5 Å². The monoisotopic (exact) mass is 382 g/mol. The Morgan fingerprint density at radius 1 is 1.32 bits per heavy atom. The fraction of sp³-hybridized carbons (Fsp3) is 0.471. The molecule has 0 fully saturated rings. The minimum absolute atomic E-state index is 0.0226. The predicted molar refractivity (Wildman–Crippen MR) is 101 cm³/mol. The molecule has 0 saturated carbocycles. The van der Waals surface area contributed by atoms with Crippen LogP contribution in [-0.2, 0) is 16.6 Å². The number of hydrogen-bond donors (Lipinski definition) is 1. The number of aromatic nitrogens is 3. The standard InChI is InChI=1S/C17H23ClN4O2S/c1-12(2)24-10-4-9-19-15(23)11-25-17-21-20-16(22(17)3)13-5-7-14(18)8-6-13/h5-8,12H,4,9-11H2,1-3H3,(H,19,23). The van der Waals surface area contributed by atoms with E-state index in [4.69, 9.17) is 16.3 Å². The zero-order valence-corrected chi connectivity index (χ0v) is 16.2. The van der Waals surface area contributed by atoms with E-state index in [0.717, 1.165) is 17.8 Å². The Balaban J connectivity index is 1.79. The predicted octanol–water partition coefficient (Wildman–Crippen LogP) is 3.16. The molecule has 1 amide bonds. The number of carbonyl (C=O) groups excluding carboxylic acids is 1. The van der Waals surface area contributed by atoms with Gasteiger partial charge in [0, 0.05) is 30.8 Å². The summed E-state index contributed by atoms with van der Waals surface area (Å²) >= 11 is 7.27. The fourth-order valence-electron chi connectivity index (χ4n) is 2.09. The number of rotatable bonds is 9. The van der Waals surface area contributed by atoms with Gasteiger partial charge in [-0.25, -0.2) is 0 Å². The van der Waals surface area contributed by atoms with Crippen molar-refractivity contribution in [2.24, 2.45) is 7.05 Å². The first-order chi connectivity index (χ1) is 12.0. The van der Waals surface area contributed by atoms with E-state index in [2.05, 4.69) is 15.5 Å². The number of hydrogen-bond acceptors (Lipinski definition) is 5. The van der Waals surface area contributed by atoms with Gasteiger partial charge < -0.3 is 14.6 Å². The second kappa shape index (κ2) is 9.79. The molecule has 0 aliphatic heterocycles. The largest absolute Gasteiger partial charge is 0.379 e. The maximum atomic E-state index is 11.9. The van der Waals surface area contributed by atoms with Crippen molar-refractivity contribution in [1.29, 1.82) is 0 Å². The van der Waals surface area contributed by atoms with E-state index in [1.165, 1.54) is 11.8 Å². The van der Waals surface area contributed by atoms with E-state index >= 15 is 0 Å². The molecule has 0 saturated heterocycles. The topological polar surface area (TPSA) is 69.0 Å². The maximum Gasteiger partial charge on any atom is 0.230 e. The Kier molecular flexibility index (Phi) is 7.74. The molecule has 0 radical (unpaired) electrons. The van der Waals surface area contributed by atoms with Crippen LogP contribution in [-0.4, -0.2) is 45.7 Å². The average Bonchev–Trinajstić information content (AvgIpc) is 2.94. The SMILES string of the molecule is CC(C)OCCCNC(=O)CSc1nnc(-c2ccc(Cl)cc2)n1C. The van der Waals surface area contributed by atoms with Crippen molar-refractivity contribution in [1.82, 2.24) is 20.1 Å². The smallest absolute Gasteiger partial charge is 0.230 e. The maximum absolute atomic E-state index is 11.9. The minimum atomic E-state index is -0.0226. The highest BCUT2D eigenvalue weighted by molar-refractivity contribution is 7.99. The molecule has 136 valence electrons. The van der Waals surface area contributed by atoms with Crippen LogP contribution in [0.4, 0.5) is 0 Å². The van der Waals surface area contributed by atoms with Crippen LogP contribution >= 0.6 is 23.4 Å². The molecule has 0 atom stereocenters. The van der Waals surface area contributed by atoms with Crippen molar-refractivity contribution < 1.29 is 9.53 Å². The first-order valence-electron chi connectivity index (χ1n) is 8.14. The third-order valence-electron chi connectivity index (χ3n) is 3.36. The Bertz CT molecular complexity index is 688. The highest BCUT2D eigenvalue weighted by atomic mass is 35.5. The summed E-state index contributed by atoms with van der Waals surface area (Å²) in [6, 6.07) is 7.42. The van der Waals surface area contributed by atoms with Gasteiger partial charge >= 0.3 is 0 Å². The second-order valence-electron chi connectivity index (χ2n) is 5.78. The molecule has 25 heavy (non-hydrogen) atoms. The molecule has 0 spiro atoms. The molecule has 6 nitrogen and oxygen atoms in total. The van der Waals surface area contributed by atoms with Crippen LogP contribution in [0.5, 0.6) is 0 Å². The summed E-state index contributed by atoms with van der Waals surface area (Å²) in [6.07, 6.45) is 1.02. The fourth-order valence-corrected chi connectivity index (χ4v) is 2.96. The molecule has 8 heteroatoms. The lowest BCUT2D eigenvalue weighted by atomic mass is 10.2. The normalized spacial score (nSPS) is 11.1. The zero-order valence-electron chi connectivity index (χ0n) is 14.7. The van der Waals surface area contributed by atoms with Gasteiger partial charge in [0.1, 0.15) is 0 Å². The summed E-state index contributed by atoms with van der Waals surface area (Å²) in [6.45, 7) is 5.25. The molecule has 2 aromatic rings. The Morgan fingerprint density at radius 2 is 2.04 bits per heavy atom. The van der Waals surface area contributed by atoms with Gasteiger partial charge in [0.05, 0.1) is 11.9 Å². The number of ether oxygens (including phenoxy) is 1. The van der Waals surface area contributed by atoms with E-state index in [1.54, 1.807) is 0 Å². The summed E-state index contributed by atoms with van der Waals surface area (Å²) < 4.78 is 7.31. The van der Waals surface area contributed by atoms with Crippen LogP contribution in [0.3, 0.4) is 0 Å². The van der Waals surface area contributed by atoms with E-state index in [-0.39, 0.29) is 12.0 Å². The molecule has 0 aliphatic rings. The quantitative estimate of drug-likeness (QED) is 0.533. The Labute approximate surface area is 157 Å². The lowest BCUT2D eigenvalue weighted by Gasteiger charge is -2.08. The van der Waals surface area contributed by atoms with Crippen LogP contribution in [0.25, 0.3) is 11.4 Å². The highest BCUT2D eigenvalue weighted by Gasteiger charge is 2.12. The van der Waals surface area contributed by atoms with Crippen LogP contribution in [0.15, 0.2) is 29.4 Å². The molecule has 1 N–H and O–H groups in total. The van der Waals surface area contributed by atoms with Gasteiger partial charge in [-0.2, -0.15) is 0 Å². The van der Waals surface area contributed by atoms with Crippen LogP contribution in [0, 0.1) is 0 Å². The molecule has 0 aliphatic carbocycles. The van der Waals surface area contributed by atoms with Crippen molar-refractivity contribution >= 4 is 29.3 Å². The lowest BCUT2D eigenvalue weighted by Crippen LogP contribution is -2.27. The van der Waals surface area contributed by atoms with E-state index in [9.17, 15) is 4.79 Å². The molecule has 1 aromatic carbocycles. The number of carbonyl (C=O) groups is 1. The van der Waals surface area contributed by atoms with E-state index < -0.39 is 0 Å². The van der Waals surface area contributed by atoms with Crippen LogP contribution in [0.1, 0.15) is 20.3 Å². The van der Waals surface area contributed by atoms with Crippen molar-refractivity contribution in [2.75, 3.05) is 18.9 Å². The number of benzene rings is 1. The number of thioether (sulfide) groups is 1. The molecule has 0 unspecified atom stereocenters. The van der Waals surface area contributed by atoms with Gasteiger partial charge in [0.25, 0.3) is 0 Å². The number of amides is 1. The van der Waals surface area contributed by atoms with Gasteiger partial charge in [-0.1, -0.05) is 23.4 Å². The molecule has 0 bridgehead atoms. The second-order valence-corrected chi connectivity index (χ2v) is 7.16. The lowest BCUT2D eigenvalue weighted by molar-refractivity contribution is -0.118. The van der Waals surface area contributed by atoms with Gasteiger partial charge in [-0.15, -0.1) is 10.2 Å². The Hall–Kier alpha value is -1.57. The third-order valence-corrected chi connectivity index (χ3v) is 4.64. The zero-order chi connectivity index (χ0) is 18.2. The molecular formula is C17H23ClN4O2S. The van der Waals surface area contributed by atoms with Crippen molar-refractivity contribution in [3.8, 4) is 11.4 Å². The van der Waals surface area contributed by atoms with E-state index in [0.29, 0.717) is 29.1 Å². The Morgan fingerprint density at radius 3 is 2.72 bits per heavy atom. The first-order valence-corrected chi connectivity index (χ1v) is 9.50. The number of halogens is 1. The van der Waals surface area contributed by atoms with Crippen molar-refractivity contribution in [2.45, 2.75) is 31.5 Å². The molecule has 1 aromatic heterocycles. The molecule has 1 heterocycles. The van der Waals surface area contributed by atoms with Gasteiger partial charge in [-0.3, -0.25) is 4.79 Å². The summed E-state index contributed by atoms with van der Waals surface area (Å²) in [4.78, 5) is 11.9. The summed E-state index contributed by atoms with van der Waals surface area (Å²) in [5, 5.41) is 12.6. The summed E-state index contributed by atoms with van der Waals surface area (Å²) in [7, 11) is 1.88. The summed E-state index contributed by atoms with van der Waals surface area (Å²) in [5.74, 6) is 1.02. The number of nitrogens with zero attached hydrogens (tertiary/aromatic N) is 3. The molecular weight excluding hydrogens is 360 g/mol.